The number of hydrogen-bond acceptors (Lipinski definition) is 5. The van der Waals surface area contributed by atoms with E-state index in [1.54, 1.807) is 25.1 Å². The van der Waals surface area contributed by atoms with Gasteiger partial charge in [-0.05, 0) is 66.0 Å². The molecule has 1 N–H and O–H groups in total. The minimum Gasteiger partial charge on any atom is -0.461 e. The van der Waals surface area contributed by atoms with Gasteiger partial charge in [-0.2, -0.15) is 5.26 Å². The molecule has 0 aliphatic carbocycles. The van der Waals surface area contributed by atoms with Crippen LogP contribution in [0.1, 0.15) is 60.2 Å². The molecule has 1 aliphatic heterocycles. The molecule has 3 aromatic rings. The van der Waals surface area contributed by atoms with Crippen LogP contribution in [0.25, 0.3) is 11.1 Å². The average Bonchev–Trinajstić information content (AvgIpc) is 3.12. The summed E-state index contributed by atoms with van der Waals surface area (Å²) in [5.74, 6) is -1.17. The second-order valence-corrected chi connectivity index (χ2v) is 8.69. The molecule has 0 saturated heterocycles. The summed E-state index contributed by atoms with van der Waals surface area (Å²) in [6.07, 6.45) is 0. The smallest absolute Gasteiger partial charge is 0.358 e. The highest BCUT2D eigenvalue weighted by molar-refractivity contribution is 9.10. The van der Waals surface area contributed by atoms with Gasteiger partial charge < -0.3 is 14.6 Å². The number of esters is 1. The number of imidazole rings is 1. The number of aromatic nitrogens is 2. The number of halogens is 3. The third kappa shape index (κ3) is 3.55. The summed E-state index contributed by atoms with van der Waals surface area (Å²) in [6.45, 7) is 5.83. The third-order valence-electron chi connectivity index (χ3n) is 5.33. The fraction of sp³-hybridized carbons (Fsp3) is 0.261. The SMILES string of the molecule is CCOC(=O)c1nc(Br)n(C(C)C)c1C1Nc2c(ccc(Cl)c2F)-c2cc(C#N)ccc21. The van der Waals surface area contributed by atoms with Gasteiger partial charge in [0.25, 0.3) is 0 Å². The summed E-state index contributed by atoms with van der Waals surface area (Å²) in [6, 6.07) is 9.84. The Balaban J connectivity index is 2.03. The van der Waals surface area contributed by atoms with Gasteiger partial charge in [0.2, 0.25) is 0 Å². The number of ether oxygens (including phenoxy) is 1. The van der Waals surface area contributed by atoms with Gasteiger partial charge in [-0.15, -0.1) is 0 Å². The second-order valence-electron chi connectivity index (χ2n) is 7.57. The van der Waals surface area contributed by atoms with Crippen LogP contribution in [0.15, 0.2) is 35.1 Å². The Hall–Kier alpha value is -2.89. The van der Waals surface area contributed by atoms with Gasteiger partial charge in [-0.3, -0.25) is 0 Å². The lowest BCUT2D eigenvalue weighted by atomic mass is 9.86. The number of carbonyl (C=O) groups excluding carboxylic acids is 1. The van der Waals surface area contributed by atoms with Crippen molar-refractivity contribution in [2.75, 3.05) is 11.9 Å². The number of carbonyl (C=O) groups is 1. The van der Waals surface area contributed by atoms with Crippen molar-refractivity contribution in [2.45, 2.75) is 32.9 Å². The first kappa shape index (κ1) is 22.3. The number of rotatable bonds is 4. The molecule has 0 saturated carbocycles. The Morgan fingerprint density at radius 1 is 1.38 bits per heavy atom. The molecule has 0 amide bonds. The first-order valence-corrected chi connectivity index (χ1v) is 11.2. The molecule has 6 nitrogen and oxygen atoms in total. The maximum absolute atomic E-state index is 15.1. The molecule has 4 rings (SSSR count). The molecule has 0 radical (unpaired) electrons. The summed E-state index contributed by atoms with van der Waals surface area (Å²) in [7, 11) is 0. The van der Waals surface area contributed by atoms with Crippen molar-refractivity contribution in [3.8, 4) is 17.2 Å². The van der Waals surface area contributed by atoms with E-state index in [9.17, 15) is 10.1 Å². The van der Waals surface area contributed by atoms with Crippen molar-refractivity contribution in [3.63, 3.8) is 0 Å². The zero-order chi connectivity index (χ0) is 23.2. The van der Waals surface area contributed by atoms with E-state index in [2.05, 4.69) is 32.3 Å². The van der Waals surface area contributed by atoms with Gasteiger partial charge in [-0.1, -0.05) is 23.7 Å². The normalized spacial score (nSPS) is 14.4. The highest BCUT2D eigenvalue weighted by Crippen LogP contribution is 2.47. The van der Waals surface area contributed by atoms with Crippen LogP contribution < -0.4 is 5.32 Å². The number of nitriles is 1. The lowest BCUT2D eigenvalue weighted by Gasteiger charge is -2.32. The van der Waals surface area contributed by atoms with Gasteiger partial charge >= 0.3 is 5.97 Å². The molecule has 9 heteroatoms. The molecular weight excluding hydrogens is 499 g/mol. The molecule has 2 aromatic carbocycles. The van der Waals surface area contributed by atoms with E-state index in [1.165, 1.54) is 6.07 Å². The topological polar surface area (TPSA) is 79.9 Å². The molecule has 0 fully saturated rings. The zero-order valence-corrected chi connectivity index (χ0v) is 19.9. The van der Waals surface area contributed by atoms with Crippen LogP contribution in [0.4, 0.5) is 10.1 Å². The van der Waals surface area contributed by atoms with Gasteiger partial charge in [0.05, 0.1) is 40.7 Å². The number of hydrogen-bond donors (Lipinski definition) is 1. The molecule has 164 valence electrons. The largest absolute Gasteiger partial charge is 0.461 e. The minimum atomic E-state index is -0.640. The van der Waals surface area contributed by atoms with Crippen molar-refractivity contribution in [2.24, 2.45) is 0 Å². The van der Waals surface area contributed by atoms with E-state index < -0.39 is 17.8 Å². The zero-order valence-electron chi connectivity index (χ0n) is 17.5. The fourth-order valence-electron chi connectivity index (χ4n) is 4.00. The molecular formula is C23H19BrClFN4O2. The lowest BCUT2D eigenvalue weighted by molar-refractivity contribution is 0.0518. The van der Waals surface area contributed by atoms with Crippen LogP contribution in [0.2, 0.25) is 5.02 Å². The number of nitrogens with zero attached hydrogens (tertiary/aromatic N) is 3. The van der Waals surface area contributed by atoms with Crippen LogP contribution in [0.3, 0.4) is 0 Å². The second kappa shape index (κ2) is 8.57. The highest BCUT2D eigenvalue weighted by Gasteiger charge is 2.36. The third-order valence-corrected chi connectivity index (χ3v) is 6.18. The molecule has 1 aliphatic rings. The number of fused-ring (bicyclic) bond motifs is 3. The van der Waals surface area contributed by atoms with Crippen molar-refractivity contribution in [3.05, 3.63) is 68.4 Å². The highest BCUT2D eigenvalue weighted by atomic mass is 79.9. The predicted octanol–water partition coefficient (Wildman–Crippen LogP) is 6.25. The Morgan fingerprint density at radius 3 is 2.78 bits per heavy atom. The van der Waals surface area contributed by atoms with Gasteiger partial charge in [0.15, 0.2) is 16.2 Å². The number of anilines is 1. The monoisotopic (exact) mass is 516 g/mol. The van der Waals surface area contributed by atoms with Crippen molar-refractivity contribution in [1.82, 2.24) is 9.55 Å². The quantitative estimate of drug-likeness (QED) is 0.414. The number of nitrogens with one attached hydrogen (secondary N) is 1. The summed E-state index contributed by atoms with van der Waals surface area (Å²) >= 11 is 9.52. The molecule has 0 bridgehead atoms. The predicted molar refractivity (Wildman–Crippen MR) is 123 cm³/mol. The van der Waals surface area contributed by atoms with Crippen LogP contribution in [0, 0.1) is 17.1 Å². The first-order chi connectivity index (χ1) is 15.3. The summed E-state index contributed by atoms with van der Waals surface area (Å²) < 4.78 is 22.7. The number of benzene rings is 2. The van der Waals surface area contributed by atoms with E-state index in [0.29, 0.717) is 27.1 Å². The van der Waals surface area contributed by atoms with Gasteiger partial charge in [0, 0.05) is 11.6 Å². The van der Waals surface area contributed by atoms with E-state index >= 15 is 4.39 Å². The fourth-order valence-corrected chi connectivity index (χ4v) is 4.93. The molecule has 32 heavy (non-hydrogen) atoms. The van der Waals surface area contributed by atoms with Crippen LogP contribution in [-0.4, -0.2) is 22.1 Å². The van der Waals surface area contributed by atoms with E-state index in [1.807, 2.05) is 24.5 Å². The summed E-state index contributed by atoms with van der Waals surface area (Å²) in [5.41, 5.74) is 3.34. The lowest BCUT2D eigenvalue weighted by Crippen LogP contribution is -2.25. The Bertz CT molecular complexity index is 1280. The minimum absolute atomic E-state index is 0.0287. The standard InChI is InChI=1S/C23H19BrClFN4O2/c1-4-32-22(31)20-21(30(11(2)3)23(24)29-20)19-14-6-5-12(10-27)9-15(14)13-7-8-16(25)17(26)18(13)28-19/h5-9,11,19,28H,4H2,1-3H3. The molecule has 1 aromatic heterocycles. The van der Waals surface area contributed by atoms with E-state index in [4.69, 9.17) is 16.3 Å². The van der Waals surface area contributed by atoms with Gasteiger partial charge in [-0.25, -0.2) is 14.2 Å². The van der Waals surface area contributed by atoms with Crippen LogP contribution in [-0.2, 0) is 4.74 Å². The van der Waals surface area contributed by atoms with Crippen molar-refractivity contribution >= 4 is 39.2 Å². The van der Waals surface area contributed by atoms with Crippen LogP contribution >= 0.6 is 27.5 Å². The Kier molecular flexibility index (Phi) is 5.97. The first-order valence-electron chi connectivity index (χ1n) is 10.0. The molecule has 1 unspecified atom stereocenters. The average molecular weight is 518 g/mol. The maximum Gasteiger partial charge on any atom is 0.358 e. The molecule has 1 atom stereocenters. The van der Waals surface area contributed by atoms with Gasteiger partial charge in [0.1, 0.15) is 0 Å². The molecule has 0 spiro atoms. The van der Waals surface area contributed by atoms with Crippen molar-refractivity contribution in [1.29, 1.82) is 5.26 Å². The Morgan fingerprint density at radius 2 is 2.12 bits per heavy atom. The van der Waals surface area contributed by atoms with E-state index in [0.717, 1.165) is 5.56 Å². The van der Waals surface area contributed by atoms with E-state index in [-0.39, 0.29) is 29.1 Å². The molecule has 2 heterocycles. The van der Waals surface area contributed by atoms with Crippen LogP contribution in [0.5, 0.6) is 0 Å². The Labute approximate surface area is 198 Å². The maximum atomic E-state index is 15.1. The van der Waals surface area contributed by atoms with Crippen molar-refractivity contribution < 1.29 is 13.9 Å². The summed E-state index contributed by atoms with van der Waals surface area (Å²) in [5, 5.41) is 12.6. The summed E-state index contributed by atoms with van der Waals surface area (Å²) in [4.78, 5) is 17.2.